The zero-order valence-corrected chi connectivity index (χ0v) is 18.0. The lowest BCUT2D eigenvalue weighted by atomic mass is 10.1. The van der Waals surface area contributed by atoms with Crippen molar-refractivity contribution in [2.24, 2.45) is 0 Å². The fourth-order valence-corrected chi connectivity index (χ4v) is 3.55. The predicted octanol–water partition coefficient (Wildman–Crippen LogP) is 3.88. The molecule has 0 bridgehead atoms. The van der Waals surface area contributed by atoms with E-state index < -0.39 is 0 Å². The van der Waals surface area contributed by atoms with Gasteiger partial charge in [0, 0.05) is 29.9 Å². The number of anilines is 1. The third-order valence-corrected chi connectivity index (χ3v) is 5.22. The first kappa shape index (κ1) is 21.2. The Balaban J connectivity index is 1.52. The molecule has 3 aromatic rings. The van der Waals surface area contributed by atoms with Gasteiger partial charge in [-0.25, -0.2) is 0 Å². The van der Waals surface area contributed by atoms with Crippen molar-refractivity contribution in [3.8, 4) is 17.2 Å². The summed E-state index contributed by atoms with van der Waals surface area (Å²) in [4.78, 5) is 27.0. The molecule has 3 aromatic carbocycles. The minimum absolute atomic E-state index is 0.0352. The lowest BCUT2D eigenvalue weighted by Gasteiger charge is -2.20. The van der Waals surface area contributed by atoms with Crippen LogP contribution in [0.3, 0.4) is 0 Å². The van der Waals surface area contributed by atoms with Crippen molar-refractivity contribution in [3.05, 3.63) is 83.4 Å². The van der Waals surface area contributed by atoms with E-state index in [-0.39, 0.29) is 18.4 Å². The summed E-state index contributed by atoms with van der Waals surface area (Å²) in [5, 5.41) is 2.90. The van der Waals surface area contributed by atoms with Gasteiger partial charge in [-0.3, -0.25) is 9.59 Å². The van der Waals surface area contributed by atoms with E-state index in [4.69, 9.17) is 14.2 Å². The monoisotopic (exact) mass is 432 g/mol. The molecule has 0 fully saturated rings. The Bertz CT molecular complexity index is 1140. The van der Waals surface area contributed by atoms with Gasteiger partial charge in [-0.2, -0.15) is 0 Å². The molecule has 1 N–H and O–H groups in total. The number of benzene rings is 3. The Morgan fingerprint density at radius 3 is 2.53 bits per heavy atom. The molecule has 164 valence electrons. The minimum atomic E-state index is -0.247. The van der Waals surface area contributed by atoms with E-state index in [1.54, 1.807) is 55.5 Å². The molecule has 32 heavy (non-hydrogen) atoms. The molecule has 1 heterocycles. The first-order valence-corrected chi connectivity index (χ1v) is 10.2. The van der Waals surface area contributed by atoms with Crippen LogP contribution >= 0.6 is 0 Å². The van der Waals surface area contributed by atoms with E-state index in [9.17, 15) is 9.59 Å². The summed E-state index contributed by atoms with van der Waals surface area (Å²) in [6.07, 6.45) is 0. The van der Waals surface area contributed by atoms with Crippen LogP contribution in [0.5, 0.6) is 17.2 Å². The highest BCUT2D eigenvalue weighted by Crippen LogP contribution is 2.28. The average Bonchev–Trinajstić information content (AvgIpc) is 2.97. The maximum atomic E-state index is 12.7. The molecule has 0 atom stereocenters. The highest BCUT2D eigenvalue weighted by atomic mass is 16.5. The number of amides is 2. The van der Waals surface area contributed by atoms with E-state index in [0.717, 1.165) is 16.9 Å². The van der Waals surface area contributed by atoms with Gasteiger partial charge in [0.1, 0.15) is 17.2 Å². The molecular weight excluding hydrogens is 408 g/mol. The van der Waals surface area contributed by atoms with Crippen LogP contribution < -0.4 is 19.5 Å². The number of ether oxygens (including phenoxy) is 3. The van der Waals surface area contributed by atoms with Crippen molar-refractivity contribution in [2.45, 2.75) is 13.1 Å². The molecule has 1 aliphatic heterocycles. The van der Waals surface area contributed by atoms with Crippen LogP contribution in [-0.4, -0.2) is 37.5 Å². The van der Waals surface area contributed by atoms with Crippen molar-refractivity contribution in [3.63, 3.8) is 0 Å². The van der Waals surface area contributed by atoms with Crippen LogP contribution in [0.1, 0.15) is 21.5 Å². The van der Waals surface area contributed by atoms with Gasteiger partial charge in [-0.1, -0.05) is 18.2 Å². The third-order valence-electron chi connectivity index (χ3n) is 5.22. The fraction of sp³-hybridized carbons (Fsp3) is 0.200. The van der Waals surface area contributed by atoms with E-state index in [2.05, 4.69) is 5.32 Å². The van der Waals surface area contributed by atoms with Crippen LogP contribution in [0.2, 0.25) is 0 Å². The van der Waals surface area contributed by atoms with Gasteiger partial charge < -0.3 is 24.4 Å². The number of hydrogen-bond donors (Lipinski definition) is 1. The number of fused-ring (bicyclic) bond motifs is 1. The molecule has 0 aromatic heterocycles. The van der Waals surface area contributed by atoms with Crippen LogP contribution in [-0.2, 0) is 17.9 Å². The number of nitrogens with zero attached hydrogens (tertiary/aromatic N) is 1. The summed E-state index contributed by atoms with van der Waals surface area (Å²) in [7, 11) is 3.17. The second-order valence-corrected chi connectivity index (χ2v) is 7.40. The van der Waals surface area contributed by atoms with Crippen LogP contribution in [0.4, 0.5) is 5.69 Å². The number of nitrogens with one attached hydrogen (secondary N) is 1. The van der Waals surface area contributed by atoms with Crippen molar-refractivity contribution in [1.29, 1.82) is 0 Å². The predicted molar refractivity (Wildman–Crippen MR) is 120 cm³/mol. The number of hydrogen-bond acceptors (Lipinski definition) is 5. The normalized spacial score (nSPS) is 12.9. The molecule has 0 spiro atoms. The van der Waals surface area contributed by atoms with Crippen LogP contribution in [0.25, 0.3) is 0 Å². The summed E-state index contributed by atoms with van der Waals surface area (Å²) in [6.45, 7) is 0.764. The number of carbonyl (C=O) groups is 2. The highest BCUT2D eigenvalue weighted by molar-refractivity contribution is 6.04. The Morgan fingerprint density at radius 1 is 1.00 bits per heavy atom. The molecule has 0 aliphatic carbocycles. The molecule has 2 amide bonds. The fourth-order valence-electron chi connectivity index (χ4n) is 3.55. The Hall–Kier alpha value is -4.00. The first-order chi connectivity index (χ1) is 15.6. The van der Waals surface area contributed by atoms with Gasteiger partial charge in [0.15, 0.2) is 6.61 Å². The SMILES string of the molecule is COc1cccc(CN2Cc3cc(NC(=O)c4cccc(OC)c4)ccc3OCC2=O)c1. The molecule has 1 aliphatic rings. The number of rotatable bonds is 6. The largest absolute Gasteiger partial charge is 0.497 e. The molecule has 0 saturated carbocycles. The van der Waals surface area contributed by atoms with E-state index in [1.807, 2.05) is 30.3 Å². The van der Waals surface area contributed by atoms with Crippen LogP contribution in [0.15, 0.2) is 66.7 Å². The summed E-state index contributed by atoms with van der Waals surface area (Å²) in [6, 6.07) is 19.9. The molecular formula is C25H24N2O5. The topological polar surface area (TPSA) is 77.1 Å². The first-order valence-electron chi connectivity index (χ1n) is 10.2. The van der Waals surface area contributed by atoms with Crippen molar-refractivity contribution < 1.29 is 23.8 Å². The Morgan fingerprint density at radius 2 is 1.75 bits per heavy atom. The number of carbonyl (C=O) groups excluding carboxylic acids is 2. The van der Waals surface area contributed by atoms with Crippen molar-refractivity contribution in [1.82, 2.24) is 4.90 Å². The second-order valence-electron chi connectivity index (χ2n) is 7.40. The lowest BCUT2D eigenvalue weighted by molar-refractivity contribution is -0.133. The Labute approximate surface area is 186 Å². The van der Waals surface area contributed by atoms with Gasteiger partial charge in [-0.05, 0) is 54.1 Å². The highest BCUT2D eigenvalue weighted by Gasteiger charge is 2.22. The smallest absolute Gasteiger partial charge is 0.261 e. The molecule has 0 radical (unpaired) electrons. The van der Waals surface area contributed by atoms with Crippen molar-refractivity contribution in [2.75, 3.05) is 26.1 Å². The Kier molecular flexibility index (Phi) is 6.26. The van der Waals surface area contributed by atoms with Gasteiger partial charge in [-0.15, -0.1) is 0 Å². The van der Waals surface area contributed by atoms with E-state index >= 15 is 0 Å². The van der Waals surface area contributed by atoms with E-state index in [0.29, 0.717) is 35.8 Å². The minimum Gasteiger partial charge on any atom is -0.497 e. The standard InChI is InChI=1S/C25H24N2O5/c1-30-21-7-3-5-17(11-21)14-27-15-19-12-20(9-10-23(19)32-16-24(27)28)26-25(29)18-6-4-8-22(13-18)31-2/h3-13H,14-16H2,1-2H3,(H,26,29). The van der Waals surface area contributed by atoms with Gasteiger partial charge in [0.2, 0.25) is 0 Å². The summed E-state index contributed by atoms with van der Waals surface area (Å²) < 4.78 is 16.2. The lowest BCUT2D eigenvalue weighted by Crippen LogP contribution is -2.31. The summed E-state index contributed by atoms with van der Waals surface area (Å²) in [5.41, 5.74) is 2.90. The zero-order chi connectivity index (χ0) is 22.5. The molecule has 0 unspecified atom stereocenters. The molecule has 7 nitrogen and oxygen atoms in total. The molecule has 4 rings (SSSR count). The van der Waals surface area contributed by atoms with E-state index in [1.165, 1.54) is 0 Å². The third kappa shape index (κ3) is 4.83. The van der Waals surface area contributed by atoms with Gasteiger partial charge in [0.25, 0.3) is 11.8 Å². The maximum Gasteiger partial charge on any atom is 0.261 e. The summed E-state index contributed by atoms with van der Waals surface area (Å²) >= 11 is 0. The maximum absolute atomic E-state index is 12.7. The molecule has 0 saturated heterocycles. The summed E-state index contributed by atoms with van der Waals surface area (Å²) in [5.74, 6) is 1.63. The van der Waals surface area contributed by atoms with Gasteiger partial charge in [0.05, 0.1) is 14.2 Å². The zero-order valence-electron chi connectivity index (χ0n) is 18.0. The van der Waals surface area contributed by atoms with Crippen LogP contribution in [0, 0.1) is 0 Å². The average molecular weight is 432 g/mol. The van der Waals surface area contributed by atoms with Crippen molar-refractivity contribution >= 4 is 17.5 Å². The van der Waals surface area contributed by atoms with Gasteiger partial charge >= 0.3 is 0 Å². The quantitative estimate of drug-likeness (QED) is 0.640. The number of methoxy groups -OCH3 is 2. The molecule has 7 heteroatoms. The second kappa shape index (κ2) is 9.43.